The summed E-state index contributed by atoms with van der Waals surface area (Å²) < 4.78 is 39.4. The Balaban J connectivity index is 1.95. The second-order valence-corrected chi connectivity index (χ2v) is 6.32. The molecule has 0 unspecified atom stereocenters. The molecule has 9 heteroatoms. The van der Waals surface area contributed by atoms with E-state index in [1.165, 1.54) is 4.90 Å². The molecule has 1 saturated heterocycles. The van der Waals surface area contributed by atoms with Crippen molar-refractivity contribution in [1.82, 2.24) is 9.97 Å². The standard InChI is InChI=1S/C17H17F3N4O2/c1-23(2)16-21-13(7-14(22-16)17(18,19)20)10-4-3-5-12(6-10)24-8-11(9-24)15(25)26/h3-7,11H,8-9H2,1-2H3,(H,25,26). The molecular formula is C17H17F3N4O2. The van der Waals surface area contributed by atoms with Gasteiger partial charge in [0.2, 0.25) is 5.95 Å². The van der Waals surface area contributed by atoms with E-state index in [9.17, 15) is 18.0 Å². The van der Waals surface area contributed by atoms with Crippen LogP contribution in [0.4, 0.5) is 24.8 Å². The summed E-state index contributed by atoms with van der Waals surface area (Å²) >= 11 is 0. The SMILES string of the molecule is CN(C)c1nc(-c2cccc(N3CC(C(=O)O)C3)c2)cc(C(F)(F)F)n1. The lowest BCUT2D eigenvalue weighted by molar-refractivity contribution is -0.142. The van der Waals surface area contributed by atoms with Gasteiger partial charge in [-0.2, -0.15) is 13.2 Å². The minimum atomic E-state index is -4.58. The number of carbonyl (C=O) groups is 1. The Bertz CT molecular complexity index is 833. The molecule has 26 heavy (non-hydrogen) atoms. The predicted octanol–water partition coefficient (Wildman–Crippen LogP) is 2.75. The van der Waals surface area contributed by atoms with Crippen molar-refractivity contribution in [2.45, 2.75) is 6.18 Å². The van der Waals surface area contributed by atoms with E-state index in [0.717, 1.165) is 11.8 Å². The highest BCUT2D eigenvalue weighted by molar-refractivity contribution is 5.75. The molecule has 0 radical (unpaired) electrons. The zero-order valence-corrected chi connectivity index (χ0v) is 14.2. The van der Waals surface area contributed by atoms with Gasteiger partial charge in [0.05, 0.1) is 11.6 Å². The summed E-state index contributed by atoms with van der Waals surface area (Å²) in [5.41, 5.74) is 0.413. The first-order chi connectivity index (χ1) is 12.1. The molecule has 2 aromatic rings. The van der Waals surface area contributed by atoms with Gasteiger partial charge in [0.25, 0.3) is 0 Å². The van der Waals surface area contributed by atoms with E-state index in [-0.39, 0.29) is 11.6 Å². The van der Waals surface area contributed by atoms with Crippen molar-refractivity contribution in [3.8, 4) is 11.3 Å². The van der Waals surface area contributed by atoms with Crippen LogP contribution in [0, 0.1) is 5.92 Å². The van der Waals surface area contributed by atoms with Crippen LogP contribution >= 0.6 is 0 Å². The molecule has 0 bridgehead atoms. The molecule has 1 aliphatic rings. The van der Waals surface area contributed by atoms with Gasteiger partial charge in [0, 0.05) is 38.4 Å². The molecule has 0 spiro atoms. The van der Waals surface area contributed by atoms with Crippen LogP contribution in [-0.2, 0) is 11.0 Å². The van der Waals surface area contributed by atoms with Crippen LogP contribution in [0.3, 0.4) is 0 Å². The topological polar surface area (TPSA) is 69.6 Å². The molecule has 0 amide bonds. The van der Waals surface area contributed by atoms with Gasteiger partial charge in [0.15, 0.2) is 5.69 Å². The van der Waals surface area contributed by atoms with Crippen molar-refractivity contribution in [3.63, 3.8) is 0 Å². The number of carboxylic acids is 1. The summed E-state index contributed by atoms with van der Waals surface area (Å²) in [6, 6.07) is 7.80. The van der Waals surface area contributed by atoms with E-state index in [4.69, 9.17) is 5.11 Å². The number of anilines is 2. The molecule has 2 heterocycles. The molecule has 0 atom stereocenters. The van der Waals surface area contributed by atoms with Gasteiger partial charge < -0.3 is 14.9 Å². The minimum Gasteiger partial charge on any atom is -0.481 e. The zero-order chi connectivity index (χ0) is 19.1. The summed E-state index contributed by atoms with van der Waals surface area (Å²) in [5, 5.41) is 8.97. The molecule has 0 saturated carbocycles. The van der Waals surface area contributed by atoms with Crippen molar-refractivity contribution in [2.24, 2.45) is 5.92 Å². The number of aliphatic carboxylic acids is 1. The maximum Gasteiger partial charge on any atom is 0.433 e. The van der Waals surface area contributed by atoms with Gasteiger partial charge in [0.1, 0.15) is 0 Å². The average Bonchev–Trinajstić information content (AvgIpc) is 2.52. The Kier molecular flexibility index (Phi) is 4.47. The third-order valence-corrected chi connectivity index (χ3v) is 4.14. The molecule has 1 aromatic carbocycles. The first-order valence-corrected chi connectivity index (χ1v) is 7.87. The number of benzene rings is 1. The first-order valence-electron chi connectivity index (χ1n) is 7.87. The number of rotatable bonds is 4. The smallest absolute Gasteiger partial charge is 0.433 e. The van der Waals surface area contributed by atoms with Gasteiger partial charge in [-0.15, -0.1) is 0 Å². The van der Waals surface area contributed by atoms with Gasteiger partial charge in [-0.1, -0.05) is 12.1 Å². The lowest BCUT2D eigenvalue weighted by atomic mass is 9.98. The lowest BCUT2D eigenvalue weighted by Gasteiger charge is -2.38. The quantitative estimate of drug-likeness (QED) is 0.897. The number of hydrogen-bond donors (Lipinski definition) is 1. The van der Waals surface area contributed by atoms with E-state index >= 15 is 0 Å². The molecule has 1 aliphatic heterocycles. The summed E-state index contributed by atoms with van der Waals surface area (Å²) in [4.78, 5) is 22.0. The summed E-state index contributed by atoms with van der Waals surface area (Å²) in [6.07, 6.45) is -4.58. The van der Waals surface area contributed by atoms with Crippen LogP contribution in [-0.4, -0.2) is 48.2 Å². The van der Waals surface area contributed by atoms with Crippen LogP contribution in [0.1, 0.15) is 5.69 Å². The molecule has 1 fully saturated rings. The normalized spacial score (nSPS) is 14.9. The highest BCUT2D eigenvalue weighted by Crippen LogP contribution is 2.33. The Hall–Kier alpha value is -2.84. The zero-order valence-electron chi connectivity index (χ0n) is 14.2. The van der Waals surface area contributed by atoms with Crippen LogP contribution in [0.5, 0.6) is 0 Å². The Morgan fingerprint density at radius 2 is 1.92 bits per heavy atom. The van der Waals surface area contributed by atoms with Gasteiger partial charge >= 0.3 is 12.1 Å². The molecule has 1 aromatic heterocycles. The van der Waals surface area contributed by atoms with Crippen LogP contribution in [0.2, 0.25) is 0 Å². The van der Waals surface area contributed by atoms with E-state index < -0.39 is 23.8 Å². The van der Waals surface area contributed by atoms with E-state index in [0.29, 0.717) is 18.7 Å². The number of carboxylic acid groups (broad SMARTS) is 1. The Morgan fingerprint density at radius 1 is 1.23 bits per heavy atom. The number of hydrogen-bond acceptors (Lipinski definition) is 5. The second-order valence-electron chi connectivity index (χ2n) is 6.32. The van der Waals surface area contributed by atoms with Crippen LogP contribution in [0.15, 0.2) is 30.3 Å². The number of aromatic nitrogens is 2. The molecule has 138 valence electrons. The Morgan fingerprint density at radius 3 is 2.50 bits per heavy atom. The van der Waals surface area contributed by atoms with Crippen LogP contribution in [0.25, 0.3) is 11.3 Å². The molecule has 6 nitrogen and oxygen atoms in total. The highest BCUT2D eigenvalue weighted by atomic mass is 19.4. The van der Waals surface area contributed by atoms with Gasteiger partial charge in [-0.3, -0.25) is 4.79 Å². The monoisotopic (exact) mass is 366 g/mol. The fraction of sp³-hybridized carbons (Fsp3) is 0.353. The summed E-state index contributed by atoms with van der Waals surface area (Å²) in [7, 11) is 3.14. The minimum absolute atomic E-state index is 0.0323. The average molecular weight is 366 g/mol. The number of alkyl halides is 3. The molecule has 3 rings (SSSR count). The van der Waals surface area contributed by atoms with E-state index in [1.807, 2.05) is 4.90 Å². The Labute approximate surface area is 147 Å². The van der Waals surface area contributed by atoms with Crippen LogP contribution < -0.4 is 9.80 Å². The van der Waals surface area contributed by atoms with E-state index in [2.05, 4.69) is 9.97 Å². The first kappa shape index (κ1) is 18.0. The third-order valence-electron chi connectivity index (χ3n) is 4.14. The van der Waals surface area contributed by atoms with Crippen molar-refractivity contribution >= 4 is 17.6 Å². The van der Waals surface area contributed by atoms with Crippen molar-refractivity contribution < 1.29 is 23.1 Å². The van der Waals surface area contributed by atoms with Crippen molar-refractivity contribution in [1.29, 1.82) is 0 Å². The fourth-order valence-corrected chi connectivity index (χ4v) is 2.64. The van der Waals surface area contributed by atoms with Crippen molar-refractivity contribution in [3.05, 3.63) is 36.0 Å². The van der Waals surface area contributed by atoms with Gasteiger partial charge in [-0.05, 0) is 18.2 Å². The summed E-state index contributed by atoms with van der Waals surface area (Å²) in [5.74, 6) is -1.30. The second kappa shape index (κ2) is 6.47. The van der Waals surface area contributed by atoms with Crippen molar-refractivity contribution in [2.75, 3.05) is 37.0 Å². The number of halogens is 3. The maximum absolute atomic E-state index is 13.1. The maximum atomic E-state index is 13.1. The molecular weight excluding hydrogens is 349 g/mol. The van der Waals surface area contributed by atoms with E-state index in [1.54, 1.807) is 38.4 Å². The largest absolute Gasteiger partial charge is 0.481 e. The highest BCUT2D eigenvalue weighted by Gasteiger charge is 2.35. The predicted molar refractivity (Wildman–Crippen MR) is 90.1 cm³/mol. The number of nitrogens with zero attached hydrogens (tertiary/aromatic N) is 4. The molecule has 1 N–H and O–H groups in total. The third kappa shape index (κ3) is 3.56. The summed E-state index contributed by atoms with van der Waals surface area (Å²) in [6.45, 7) is 0.749. The fourth-order valence-electron chi connectivity index (χ4n) is 2.64. The lowest BCUT2D eigenvalue weighted by Crippen LogP contribution is -2.50. The van der Waals surface area contributed by atoms with Gasteiger partial charge in [-0.25, -0.2) is 9.97 Å². The molecule has 0 aliphatic carbocycles.